The lowest BCUT2D eigenvalue weighted by Crippen LogP contribution is -2.09. The van der Waals surface area contributed by atoms with E-state index in [-0.39, 0.29) is 0 Å². The van der Waals surface area contributed by atoms with Crippen molar-refractivity contribution in [3.8, 4) is 34.4 Å². The van der Waals surface area contributed by atoms with Gasteiger partial charge in [0.05, 0.1) is 29.8 Å². The van der Waals surface area contributed by atoms with E-state index >= 15 is 0 Å². The first-order valence-corrected chi connectivity index (χ1v) is 11.7. The van der Waals surface area contributed by atoms with Gasteiger partial charge in [0.25, 0.3) is 0 Å². The summed E-state index contributed by atoms with van der Waals surface area (Å²) < 4.78 is 0. The van der Waals surface area contributed by atoms with Crippen LogP contribution < -0.4 is 4.90 Å². The minimum atomic E-state index is 0.609. The maximum absolute atomic E-state index is 9.25. The summed E-state index contributed by atoms with van der Waals surface area (Å²) in [5, 5.41) is 18.3. The molecule has 0 heterocycles. The van der Waals surface area contributed by atoms with Gasteiger partial charge in [-0.05, 0) is 82.9 Å². The van der Waals surface area contributed by atoms with Gasteiger partial charge in [-0.15, -0.1) is 0 Å². The molecule has 0 N–H and O–H groups in total. The molecule has 4 heteroatoms. The Morgan fingerprint density at radius 3 is 1.11 bits per heavy atom. The highest BCUT2D eigenvalue weighted by Gasteiger charge is 2.13. The Kier molecular flexibility index (Phi) is 6.45. The summed E-state index contributed by atoms with van der Waals surface area (Å²) in [5.41, 5.74) is 9.00. The van der Waals surface area contributed by atoms with E-state index in [1.165, 1.54) is 0 Å². The van der Waals surface area contributed by atoms with Gasteiger partial charge in [0.2, 0.25) is 0 Å². The lowest BCUT2D eigenvalue weighted by atomic mass is 10.0. The van der Waals surface area contributed by atoms with Crippen molar-refractivity contribution < 1.29 is 0 Å². The third-order valence-corrected chi connectivity index (χ3v) is 6.18. The van der Waals surface area contributed by atoms with Crippen LogP contribution in [-0.4, -0.2) is 0 Å². The Morgan fingerprint density at radius 1 is 0.459 bits per heavy atom. The van der Waals surface area contributed by atoms with E-state index in [4.69, 9.17) is 11.8 Å². The van der Waals surface area contributed by atoms with Crippen LogP contribution >= 0.6 is 0 Å². The third kappa shape index (κ3) is 4.94. The first-order chi connectivity index (χ1) is 18.2. The number of nitrogens with zero attached hydrogens (tertiary/aromatic N) is 4. The second-order valence-electron chi connectivity index (χ2n) is 8.44. The van der Waals surface area contributed by atoms with Gasteiger partial charge in [0.1, 0.15) is 0 Å². The number of benzene rings is 5. The Labute approximate surface area is 216 Å². The van der Waals surface area contributed by atoms with Crippen LogP contribution in [0.3, 0.4) is 0 Å². The predicted molar refractivity (Wildman–Crippen MR) is 148 cm³/mol. The quantitative estimate of drug-likeness (QED) is 0.240. The SMILES string of the molecule is [C-]#[N+]c1ccc(-c2ccc(N(c3ccc(C#N)cc3)c3ccc(-c4ccc(C#N)cc4)cc3)cc2)cc1. The molecule has 0 saturated carbocycles. The van der Waals surface area contributed by atoms with Crippen LogP contribution in [0.25, 0.3) is 27.1 Å². The van der Waals surface area contributed by atoms with Crippen LogP contribution in [0, 0.1) is 29.2 Å². The predicted octanol–water partition coefficient (Wildman–Crippen LogP) is 8.78. The highest BCUT2D eigenvalue weighted by Crippen LogP contribution is 2.37. The standard InChI is InChI=1S/C33H20N4/c1-36-30-14-8-27(9-15-30)29-12-20-33(21-13-29)37(31-16-4-25(23-35)5-17-31)32-18-10-28(11-19-32)26-6-2-24(22-34)3-7-26/h2-21H. The number of rotatable bonds is 5. The van der Waals surface area contributed by atoms with Crippen molar-refractivity contribution in [1.82, 2.24) is 0 Å². The van der Waals surface area contributed by atoms with Crippen LogP contribution in [0.15, 0.2) is 121 Å². The summed E-state index contributed by atoms with van der Waals surface area (Å²) in [6.07, 6.45) is 0. The molecule has 172 valence electrons. The van der Waals surface area contributed by atoms with E-state index in [1.54, 1.807) is 0 Å². The Balaban J connectivity index is 1.51. The Morgan fingerprint density at radius 2 is 0.757 bits per heavy atom. The largest absolute Gasteiger partial charge is 0.311 e. The van der Waals surface area contributed by atoms with E-state index in [9.17, 15) is 5.26 Å². The van der Waals surface area contributed by atoms with Gasteiger partial charge in [-0.3, -0.25) is 0 Å². The molecule has 37 heavy (non-hydrogen) atoms. The molecular weight excluding hydrogens is 452 g/mol. The zero-order valence-electron chi connectivity index (χ0n) is 19.8. The van der Waals surface area contributed by atoms with Crippen LogP contribution in [0.1, 0.15) is 11.1 Å². The molecular formula is C33H20N4. The third-order valence-electron chi connectivity index (χ3n) is 6.18. The number of anilines is 3. The molecule has 0 aliphatic rings. The first kappa shape index (κ1) is 23.1. The zero-order chi connectivity index (χ0) is 25.6. The average Bonchev–Trinajstić information content (AvgIpc) is 2.98. The van der Waals surface area contributed by atoms with Crippen molar-refractivity contribution in [2.24, 2.45) is 0 Å². The molecule has 0 fully saturated rings. The normalized spacial score (nSPS) is 10.1. The molecule has 4 nitrogen and oxygen atoms in total. The minimum Gasteiger partial charge on any atom is -0.311 e. The molecule has 0 radical (unpaired) electrons. The van der Waals surface area contributed by atoms with Gasteiger partial charge in [-0.2, -0.15) is 10.5 Å². The van der Waals surface area contributed by atoms with Crippen molar-refractivity contribution in [2.75, 3.05) is 4.90 Å². The molecule has 5 rings (SSSR count). The van der Waals surface area contributed by atoms with Gasteiger partial charge in [-0.1, -0.05) is 60.7 Å². The van der Waals surface area contributed by atoms with E-state index in [0.717, 1.165) is 39.3 Å². The van der Waals surface area contributed by atoms with E-state index in [0.29, 0.717) is 16.8 Å². The highest BCUT2D eigenvalue weighted by molar-refractivity contribution is 5.80. The molecule has 0 amide bonds. The molecule has 0 spiro atoms. The number of hydrogen-bond acceptors (Lipinski definition) is 3. The maximum Gasteiger partial charge on any atom is 0.187 e. The van der Waals surface area contributed by atoms with E-state index in [1.807, 2.05) is 72.8 Å². The van der Waals surface area contributed by atoms with Gasteiger partial charge in [0, 0.05) is 17.1 Å². The second kappa shape index (κ2) is 10.3. The summed E-state index contributed by atoms with van der Waals surface area (Å²) in [4.78, 5) is 5.61. The molecule has 0 atom stereocenters. The van der Waals surface area contributed by atoms with Gasteiger partial charge >= 0.3 is 0 Å². The fraction of sp³-hybridized carbons (Fsp3) is 0. The van der Waals surface area contributed by atoms with Crippen LogP contribution in [0.2, 0.25) is 0 Å². The zero-order valence-corrected chi connectivity index (χ0v) is 19.8. The second-order valence-corrected chi connectivity index (χ2v) is 8.44. The number of hydrogen-bond donors (Lipinski definition) is 0. The molecule has 0 unspecified atom stereocenters. The van der Waals surface area contributed by atoms with Gasteiger partial charge in [0.15, 0.2) is 5.69 Å². The van der Waals surface area contributed by atoms with Crippen molar-refractivity contribution in [3.05, 3.63) is 144 Å². The molecule has 0 saturated heterocycles. The summed E-state index contributed by atoms with van der Waals surface area (Å²) >= 11 is 0. The monoisotopic (exact) mass is 472 g/mol. The smallest absolute Gasteiger partial charge is 0.187 e. The highest BCUT2D eigenvalue weighted by atomic mass is 15.1. The van der Waals surface area contributed by atoms with E-state index in [2.05, 4.69) is 70.4 Å². The summed E-state index contributed by atoms with van der Waals surface area (Å²) in [7, 11) is 0. The first-order valence-electron chi connectivity index (χ1n) is 11.7. The minimum absolute atomic E-state index is 0.609. The van der Waals surface area contributed by atoms with Crippen LogP contribution in [0.4, 0.5) is 22.7 Å². The molecule has 0 aliphatic heterocycles. The maximum atomic E-state index is 9.25. The van der Waals surface area contributed by atoms with Crippen LogP contribution in [-0.2, 0) is 0 Å². The van der Waals surface area contributed by atoms with Crippen molar-refractivity contribution >= 4 is 22.7 Å². The molecule has 5 aromatic carbocycles. The van der Waals surface area contributed by atoms with Crippen molar-refractivity contribution in [1.29, 1.82) is 10.5 Å². The average molecular weight is 473 g/mol. The summed E-state index contributed by atoms with van der Waals surface area (Å²) in [5.74, 6) is 0. The topological polar surface area (TPSA) is 55.2 Å². The van der Waals surface area contributed by atoms with Crippen LogP contribution in [0.5, 0.6) is 0 Å². The molecule has 5 aromatic rings. The summed E-state index contributed by atoms with van der Waals surface area (Å²) in [6.45, 7) is 7.15. The van der Waals surface area contributed by atoms with Gasteiger partial charge < -0.3 is 4.90 Å². The van der Waals surface area contributed by atoms with E-state index < -0.39 is 0 Å². The molecule has 0 aliphatic carbocycles. The summed E-state index contributed by atoms with van der Waals surface area (Å²) in [6, 6.07) is 43.6. The molecule has 0 bridgehead atoms. The lowest BCUT2D eigenvalue weighted by Gasteiger charge is -2.26. The Hall–Kier alpha value is -5.63. The van der Waals surface area contributed by atoms with Crippen molar-refractivity contribution in [2.45, 2.75) is 0 Å². The van der Waals surface area contributed by atoms with Crippen molar-refractivity contribution in [3.63, 3.8) is 0 Å². The molecule has 0 aromatic heterocycles. The van der Waals surface area contributed by atoms with Gasteiger partial charge in [-0.25, -0.2) is 4.85 Å². The number of nitriles is 2. The Bertz CT molecular complexity index is 1540. The fourth-order valence-electron chi connectivity index (χ4n) is 4.20. The fourth-order valence-corrected chi connectivity index (χ4v) is 4.20. The lowest BCUT2D eigenvalue weighted by molar-refractivity contribution is 1.28.